The molecule has 0 fully saturated rings. The molecule has 3 aromatic rings. The topological polar surface area (TPSA) is 58.0 Å². The molecule has 0 aliphatic heterocycles. The van der Waals surface area contributed by atoms with E-state index in [1.54, 1.807) is 36.6 Å². The standard InChI is InChI=1S/C13H8Cl2N2O2/c14-7-1-2-9(8(15)5-7)17-13(18)11-6-12-10(16-11)3-4-19-12/h1-6,16H,(H,17,18). The molecule has 0 atom stereocenters. The number of aromatic amines is 1. The lowest BCUT2D eigenvalue weighted by Crippen LogP contribution is -2.12. The van der Waals surface area contributed by atoms with Crippen LogP contribution < -0.4 is 5.32 Å². The molecule has 0 unspecified atom stereocenters. The number of furan rings is 1. The Morgan fingerprint density at radius 2 is 2.05 bits per heavy atom. The summed E-state index contributed by atoms with van der Waals surface area (Å²) in [6.07, 6.45) is 1.55. The van der Waals surface area contributed by atoms with Crippen LogP contribution in [0.4, 0.5) is 5.69 Å². The smallest absolute Gasteiger partial charge is 0.272 e. The Kier molecular flexibility index (Phi) is 2.97. The first-order valence-corrected chi connectivity index (χ1v) is 6.22. The minimum atomic E-state index is -0.296. The lowest BCUT2D eigenvalue weighted by molar-refractivity contribution is 0.102. The van der Waals surface area contributed by atoms with Gasteiger partial charge in [-0.05, 0) is 18.2 Å². The fourth-order valence-corrected chi connectivity index (χ4v) is 2.21. The number of hydrogen-bond acceptors (Lipinski definition) is 2. The van der Waals surface area contributed by atoms with E-state index in [1.165, 1.54) is 0 Å². The highest BCUT2D eigenvalue weighted by atomic mass is 35.5. The van der Waals surface area contributed by atoms with Crippen LogP contribution in [0.5, 0.6) is 0 Å². The van der Waals surface area contributed by atoms with E-state index in [4.69, 9.17) is 27.6 Å². The van der Waals surface area contributed by atoms with E-state index in [9.17, 15) is 4.79 Å². The number of hydrogen-bond donors (Lipinski definition) is 2. The molecule has 3 rings (SSSR count). The maximum Gasteiger partial charge on any atom is 0.272 e. The molecule has 19 heavy (non-hydrogen) atoms. The highest BCUT2D eigenvalue weighted by Gasteiger charge is 2.12. The maximum atomic E-state index is 12.0. The van der Waals surface area contributed by atoms with Gasteiger partial charge in [0, 0.05) is 17.2 Å². The van der Waals surface area contributed by atoms with Gasteiger partial charge in [0.25, 0.3) is 5.91 Å². The third-order valence-corrected chi connectivity index (χ3v) is 3.21. The molecule has 6 heteroatoms. The number of nitrogens with one attached hydrogen (secondary N) is 2. The van der Waals surface area contributed by atoms with Crippen molar-refractivity contribution in [3.8, 4) is 0 Å². The zero-order chi connectivity index (χ0) is 13.4. The van der Waals surface area contributed by atoms with Crippen molar-refractivity contribution in [3.05, 3.63) is 52.3 Å². The van der Waals surface area contributed by atoms with Gasteiger partial charge in [0.15, 0.2) is 5.58 Å². The predicted molar refractivity (Wildman–Crippen MR) is 75.0 cm³/mol. The number of anilines is 1. The molecule has 0 aliphatic rings. The second kappa shape index (κ2) is 4.64. The Labute approximate surface area is 118 Å². The molecule has 1 amide bonds. The first-order chi connectivity index (χ1) is 9.13. The summed E-state index contributed by atoms with van der Waals surface area (Å²) >= 11 is 11.8. The van der Waals surface area contributed by atoms with Crippen molar-refractivity contribution in [2.24, 2.45) is 0 Å². The predicted octanol–water partition coefficient (Wildman–Crippen LogP) is 4.32. The molecule has 0 bridgehead atoms. The van der Waals surface area contributed by atoms with Gasteiger partial charge in [0.1, 0.15) is 5.69 Å². The zero-order valence-corrected chi connectivity index (χ0v) is 11.0. The van der Waals surface area contributed by atoms with E-state index in [0.717, 1.165) is 5.52 Å². The summed E-state index contributed by atoms with van der Waals surface area (Å²) in [6.45, 7) is 0. The summed E-state index contributed by atoms with van der Waals surface area (Å²) in [5.41, 5.74) is 2.31. The molecule has 2 heterocycles. The summed E-state index contributed by atoms with van der Waals surface area (Å²) in [7, 11) is 0. The van der Waals surface area contributed by atoms with Gasteiger partial charge in [-0.2, -0.15) is 0 Å². The number of rotatable bonds is 2. The number of carbonyl (C=O) groups excluding carboxylic acids is 1. The van der Waals surface area contributed by atoms with Gasteiger partial charge < -0.3 is 14.7 Å². The Morgan fingerprint density at radius 1 is 1.21 bits per heavy atom. The van der Waals surface area contributed by atoms with Crippen LogP contribution in [0.15, 0.2) is 41.0 Å². The summed E-state index contributed by atoms with van der Waals surface area (Å²) in [6, 6.07) is 8.26. The summed E-state index contributed by atoms with van der Waals surface area (Å²) in [5, 5.41) is 3.60. The summed E-state index contributed by atoms with van der Waals surface area (Å²) < 4.78 is 5.18. The van der Waals surface area contributed by atoms with Gasteiger partial charge in [-0.15, -0.1) is 0 Å². The molecule has 96 valence electrons. The van der Waals surface area contributed by atoms with Crippen molar-refractivity contribution in [1.82, 2.24) is 4.98 Å². The number of fused-ring (bicyclic) bond motifs is 1. The Bertz CT molecular complexity index is 732. The Morgan fingerprint density at radius 3 is 2.79 bits per heavy atom. The van der Waals surface area contributed by atoms with Crippen LogP contribution in [0.25, 0.3) is 11.1 Å². The van der Waals surface area contributed by atoms with Crippen LogP contribution >= 0.6 is 23.2 Å². The molecule has 0 spiro atoms. The first-order valence-electron chi connectivity index (χ1n) is 5.46. The molecule has 1 aromatic carbocycles. The van der Waals surface area contributed by atoms with Crippen LogP contribution in [0.3, 0.4) is 0 Å². The zero-order valence-electron chi connectivity index (χ0n) is 9.54. The van der Waals surface area contributed by atoms with Crippen molar-refractivity contribution in [2.75, 3.05) is 5.32 Å². The molecule has 2 N–H and O–H groups in total. The molecule has 0 saturated heterocycles. The summed E-state index contributed by atoms with van der Waals surface area (Å²) in [5.74, 6) is -0.296. The average Bonchev–Trinajstić information content (AvgIpc) is 2.93. The molecule has 0 saturated carbocycles. The van der Waals surface area contributed by atoms with Gasteiger partial charge in [-0.3, -0.25) is 4.79 Å². The quantitative estimate of drug-likeness (QED) is 0.739. The second-order valence-electron chi connectivity index (χ2n) is 3.96. The Balaban J connectivity index is 1.86. The van der Waals surface area contributed by atoms with Gasteiger partial charge in [0.2, 0.25) is 0 Å². The third-order valence-electron chi connectivity index (χ3n) is 2.66. The third kappa shape index (κ3) is 2.32. The lowest BCUT2D eigenvalue weighted by atomic mass is 10.3. The van der Waals surface area contributed by atoms with Crippen LogP contribution in [0.1, 0.15) is 10.5 Å². The summed E-state index contributed by atoms with van der Waals surface area (Å²) in [4.78, 5) is 15.0. The van der Waals surface area contributed by atoms with E-state index in [1.807, 2.05) is 0 Å². The van der Waals surface area contributed by atoms with Crippen molar-refractivity contribution >= 4 is 45.9 Å². The Hall–Kier alpha value is -1.91. The highest BCUT2D eigenvalue weighted by Crippen LogP contribution is 2.26. The molecule has 2 aromatic heterocycles. The SMILES string of the molecule is O=C(Nc1ccc(Cl)cc1Cl)c1cc2occc2[nH]1. The number of H-pyrrole nitrogens is 1. The van der Waals surface area contributed by atoms with E-state index in [2.05, 4.69) is 10.3 Å². The largest absolute Gasteiger partial charge is 0.463 e. The highest BCUT2D eigenvalue weighted by molar-refractivity contribution is 6.36. The van der Waals surface area contributed by atoms with Crippen LogP contribution in [-0.4, -0.2) is 10.9 Å². The van der Waals surface area contributed by atoms with Crippen LogP contribution in [0, 0.1) is 0 Å². The number of benzene rings is 1. The first kappa shape index (κ1) is 12.1. The second-order valence-corrected chi connectivity index (χ2v) is 4.80. The monoisotopic (exact) mass is 294 g/mol. The van der Waals surface area contributed by atoms with E-state index < -0.39 is 0 Å². The number of amides is 1. The number of halogens is 2. The van der Waals surface area contributed by atoms with E-state index in [0.29, 0.717) is 27.0 Å². The van der Waals surface area contributed by atoms with Gasteiger partial charge >= 0.3 is 0 Å². The minimum absolute atomic E-state index is 0.296. The average molecular weight is 295 g/mol. The maximum absolute atomic E-state index is 12.0. The van der Waals surface area contributed by atoms with Gasteiger partial charge in [-0.1, -0.05) is 23.2 Å². The van der Waals surface area contributed by atoms with E-state index >= 15 is 0 Å². The fraction of sp³-hybridized carbons (Fsp3) is 0. The number of aromatic nitrogens is 1. The molecular formula is C13H8Cl2N2O2. The van der Waals surface area contributed by atoms with Crippen LogP contribution in [-0.2, 0) is 0 Å². The molecular weight excluding hydrogens is 287 g/mol. The van der Waals surface area contributed by atoms with Crippen LogP contribution in [0.2, 0.25) is 10.0 Å². The fourth-order valence-electron chi connectivity index (χ4n) is 1.75. The molecule has 0 radical (unpaired) electrons. The molecule has 4 nitrogen and oxygen atoms in total. The normalized spacial score (nSPS) is 10.8. The van der Waals surface area contributed by atoms with Gasteiger partial charge in [-0.25, -0.2) is 0 Å². The minimum Gasteiger partial charge on any atom is -0.463 e. The van der Waals surface area contributed by atoms with Gasteiger partial charge in [0.05, 0.1) is 22.5 Å². The molecule has 0 aliphatic carbocycles. The lowest BCUT2D eigenvalue weighted by Gasteiger charge is -2.06. The van der Waals surface area contributed by atoms with Crippen molar-refractivity contribution < 1.29 is 9.21 Å². The van der Waals surface area contributed by atoms with Crippen molar-refractivity contribution in [1.29, 1.82) is 0 Å². The van der Waals surface area contributed by atoms with Crippen molar-refractivity contribution in [2.45, 2.75) is 0 Å². The van der Waals surface area contributed by atoms with Crippen molar-refractivity contribution in [3.63, 3.8) is 0 Å². The van der Waals surface area contributed by atoms with E-state index in [-0.39, 0.29) is 5.91 Å². The number of carbonyl (C=O) groups is 1.